The summed E-state index contributed by atoms with van der Waals surface area (Å²) in [5.41, 5.74) is 0. The normalized spacial score (nSPS) is 23.8. The van der Waals surface area contributed by atoms with Gasteiger partial charge in [-0.1, -0.05) is 13.0 Å². The molecular formula is C10H17NO2. The molecule has 0 bridgehead atoms. The van der Waals surface area contributed by atoms with Gasteiger partial charge >= 0.3 is 0 Å². The third-order valence-electron chi connectivity index (χ3n) is 2.33. The number of amides is 1. The number of rotatable bonds is 2. The summed E-state index contributed by atoms with van der Waals surface area (Å²) in [7, 11) is 0. The topological polar surface area (TPSA) is 40.5 Å². The minimum atomic E-state index is -0.0604. The van der Waals surface area contributed by atoms with Gasteiger partial charge in [0.2, 0.25) is 5.91 Å². The number of piperidine rings is 1. The Morgan fingerprint density at radius 2 is 2.46 bits per heavy atom. The van der Waals surface area contributed by atoms with Crippen LogP contribution in [-0.4, -0.2) is 35.6 Å². The molecule has 74 valence electrons. The molecule has 1 fully saturated rings. The maximum atomic E-state index is 11.4. The Morgan fingerprint density at radius 3 is 3.08 bits per heavy atom. The van der Waals surface area contributed by atoms with Crippen molar-refractivity contribution in [1.29, 1.82) is 0 Å². The van der Waals surface area contributed by atoms with E-state index in [4.69, 9.17) is 5.11 Å². The fraction of sp³-hybridized carbons (Fsp3) is 0.700. The fourth-order valence-corrected chi connectivity index (χ4v) is 1.65. The van der Waals surface area contributed by atoms with Crippen molar-refractivity contribution in [3.63, 3.8) is 0 Å². The average molecular weight is 183 g/mol. The molecule has 1 aliphatic heterocycles. The number of hydrogen-bond acceptors (Lipinski definition) is 2. The Hall–Kier alpha value is -0.830. The molecule has 3 nitrogen and oxygen atoms in total. The number of hydrogen-bond donors (Lipinski definition) is 1. The number of carbonyl (C=O) groups is 1. The van der Waals surface area contributed by atoms with Crippen LogP contribution in [0.2, 0.25) is 0 Å². The van der Waals surface area contributed by atoms with Crippen molar-refractivity contribution >= 4 is 5.91 Å². The van der Waals surface area contributed by atoms with E-state index in [1.54, 1.807) is 0 Å². The van der Waals surface area contributed by atoms with Gasteiger partial charge in [-0.25, -0.2) is 0 Å². The van der Waals surface area contributed by atoms with Gasteiger partial charge in [0, 0.05) is 19.2 Å². The molecular weight excluding hydrogens is 166 g/mol. The lowest BCUT2D eigenvalue weighted by molar-refractivity contribution is -0.127. The first-order valence-electron chi connectivity index (χ1n) is 4.80. The largest absolute Gasteiger partial charge is 0.392 e. The molecule has 1 heterocycles. The summed E-state index contributed by atoms with van der Waals surface area (Å²) < 4.78 is 0. The maximum absolute atomic E-state index is 11.4. The molecule has 0 aliphatic carbocycles. The van der Waals surface area contributed by atoms with E-state index in [1.165, 1.54) is 18.6 Å². The van der Waals surface area contributed by atoms with Crippen LogP contribution < -0.4 is 0 Å². The van der Waals surface area contributed by atoms with Crippen LogP contribution in [0, 0.1) is 5.92 Å². The van der Waals surface area contributed by atoms with Crippen LogP contribution in [0.25, 0.3) is 0 Å². The predicted molar refractivity (Wildman–Crippen MR) is 51.2 cm³/mol. The van der Waals surface area contributed by atoms with Crippen LogP contribution in [0.3, 0.4) is 0 Å². The Bertz CT molecular complexity index is 201. The van der Waals surface area contributed by atoms with E-state index < -0.39 is 0 Å². The maximum Gasteiger partial charge on any atom is 0.246 e. The molecule has 1 amide bonds. The molecule has 1 rings (SSSR count). The number of aliphatic hydroxyl groups excluding tert-OH is 1. The van der Waals surface area contributed by atoms with Crippen molar-refractivity contribution in [3.05, 3.63) is 12.2 Å². The van der Waals surface area contributed by atoms with Crippen LogP contribution in [0.4, 0.5) is 0 Å². The third kappa shape index (κ3) is 3.19. The molecule has 0 saturated carbocycles. The Balaban J connectivity index is 2.41. The summed E-state index contributed by atoms with van der Waals surface area (Å²) in [6.07, 6.45) is 5.26. The molecule has 0 aromatic carbocycles. The zero-order valence-corrected chi connectivity index (χ0v) is 8.07. The van der Waals surface area contributed by atoms with Crippen LogP contribution in [0.5, 0.6) is 0 Å². The second-order valence-corrected chi connectivity index (χ2v) is 3.62. The molecule has 0 radical (unpaired) electrons. The van der Waals surface area contributed by atoms with Crippen molar-refractivity contribution in [3.8, 4) is 0 Å². The Morgan fingerprint density at radius 1 is 1.69 bits per heavy atom. The van der Waals surface area contributed by atoms with Gasteiger partial charge in [0.25, 0.3) is 0 Å². The number of carbonyl (C=O) groups excluding carboxylic acids is 1. The second-order valence-electron chi connectivity index (χ2n) is 3.62. The molecule has 0 spiro atoms. The molecule has 1 saturated heterocycles. The van der Waals surface area contributed by atoms with E-state index in [1.807, 2.05) is 4.90 Å². The van der Waals surface area contributed by atoms with E-state index in [2.05, 4.69) is 6.92 Å². The minimum Gasteiger partial charge on any atom is -0.392 e. The van der Waals surface area contributed by atoms with Crippen molar-refractivity contribution in [2.75, 3.05) is 19.7 Å². The van der Waals surface area contributed by atoms with E-state index in [9.17, 15) is 4.79 Å². The minimum absolute atomic E-state index is 0.0283. The summed E-state index contributed by atoms with van der Waals surface area (Å²) in [5.74, 6) is 0.640. The van der Waals surface area contributed by atoms with Gasteiger partial charge in [-0.2, -0.15) is 0 Å². The van der Waals surface area contributed by atoms with Gasteiger partial charge < -0.3 is 10.0 Å². The molecule has 13 heavy (non-hydrogen) atoms. The number of nitrogens with zero attached hydrogens (tertiary/aromatic N) is 1. The monoisotopic (exact) mass is 183 g/mol. The molecule has 1 atom stereocenters. The fourth-order valence-electron chi connectivity index (χ4n) is 1.65. The first-order chi connectivity index (χ1) is 6.24. The summed E-state index contributed by atoms with van der Waals surface area (Å²) >= 11 is 0. The quantitative estimate of drug-likeness (QED) is 0.643. The smallest absolute Gasteiger partial charge is 0.246 e. The number of likely N-dealkylation sites (tertiary alicyclic amines) is 1. The Labute approximate surface area is 79.0 Å². The lowest BCUT2D eigenvalue weighted by atomic mass is 10.0. The highest BCUT2D eigenvalue weighted by Gasteiger charge is 2.18. The lowest BCUT2D eigenvalue weighted by Gasteiger charge is -2.30. The zero-order chi connectivity index (χ0) is 9.68. The van der Waals surface area contributed by atoms with E-state index in [0.717, 1.165) is 19.5 Å². The van der Waals surface area contributed by atoms with Crippen molar-refractivity contribution in [2.24, 2.45) is 5.92 Å². The lowest BCUT2D eigenvalue weighted by Crippen LogP contribution is -2.38. The third-order valence-corrected chi connectivity index (χ3v) is 2.33. The summed E-state index contributed by atoms with van der Waals surface area (Å²) in [5, 5.41) is 8.51. The Kier molecular flexibility index (Phi) is 3.96. The van der Waals surface area contributed by atoms with Gasteiger partial charge in [0.05, 0.1) is 6.61 Å². The first kappa shape index (κ1) is 10.3. The van der Waals surface area contributed by atoms with E-state index >= 15 is 0 Å². The van der Waals surface area contributed by atoms with Gasteiger partial charge in [0.15, 0.2) is 0 Å². The highest BCUT2D eigenvalue weighted by molar-refractivity contribution is 5.87. The molecule has 1 aliphatic rings. The molecule has 3 heteroatoms. The van der Waals surface area contributed by atoms with Crippen molar-refractivity contribution in [2.45, 2.75) is 19.8 Å². The highest BCUT2D eigenvalue weighted by atomic mass is 16.2. The van der Waals surface area contributed by atoms with Crippen LogP contribution in [0.1, 0.15) is 19.8 Å². The summed E-state index contributed by atoms with van der Waals surface area (Å²) in [6.45, 7) is 3.82. The molecule has 0 aromatic rings. The van der Waals surface area contributed by atoms with Gasteiger partial charge in [0.1, 0.15) is 0 Å². The van der Waals surface area contributed by atoms with Crippen molar-refractivity contribution in [1.82, 2.24) is 4.90 Å². The molecule has 0 aromatic heterocycles. The molecule has 1 N–H and O–H groups in total. The summed E-state index contributed by atoms with van der Waals surface area (Å²) in [6, 6.07) is 0. The van der Waals surface area contributed by atoms with Gasteiger partial charge in [-0.3, -0.25) is 4.79 Å². The van der Waals surface area contributed by atoms with Gasteiger partial charge in [-0.05, 0) is 18.8 Å². The van der Waals surface area contributed by atoms with E-state index in [0.29, 0.717) is 5.92 Å². The van der Waals surface area contributed by atoms with Gasteiger partial charge in [-0.15, -0.1) is 0 Å². The first-order valence-corrected chi connectivity index (χ1v) is 4.80. The molecule has 1 unspecified atom stereocenters. The predicted octanol–water partition coefficient (Wildman–Crippen LogP) is 0.793. The van der Waals surface area contributed by atoms with Crippen LogP contribution in [-0.2, 0) is 4.79 Å². The standard InChI is InChI=1S/C10H17NO2/c1-9-4-2-6-11(8-9)10(13)5-3-7-12/h3,5,9,12H,2,4,6-8H2,1H3/b5-3+. The SMILES string of the molecule is CC1CCCN(C(=O)/C=C/CO)C1. The van der Waals surface area contributed by atoms with Crippen LogP contribution >= 0.6 is 0 Å². The number of aliphatic hydroxyl groups is 1. The van der Waals surface area contributed by atoms with E-state index in [-0.39, 0.29) is 12.5 Å². The van der Waals surface area contributed by atoms with Crippen molar-refractivity contribution < 1.29 is 9.90 Å². The average Bonchev–Trinajstić information content (AvgIpc) is 2.14. The van der Waals surface area contributed by atoms with Crippen LogP contribution in [0.15, 0.2) is 12.2 Å². The zero-order valence-electron chi connectivity index (χ0n) is 8.07. The second kappa shape index (κ2) is 5.02. The summed E-state index contributed by atoms with van der Waals surface area (Å²) in [4.78, 5) is 13.3. The highest BCUT2D eigenvalue weighted by Crippen LogP contribution is 2.15.